The lowest BCUT2D eigenvalue weighted by molar-refractivity contribution is 0.408. The smallest absolute Gasteiger partial charge is 0.197 e. The summed E-state index contributed by atoms with van der Waals surface area (Å²) in [5, 5.41) is 0.344. The van der Waals surface area contributed by atoms with E-state index in [1.54, 1.807) is 13.2 Å². The lowest BCUT2D eigenvalue weighted by Crippen LogP contribution is -2.13. The SMILES string of the molecule is COc1ccc(Br)cc1CC(N)c1ccoc1Cl. The van der Waals surface area contributed by atoms with E-state index in [9.17, 15) is 0 Å². The van der Waals surface area contributed by atoms with Gasteiger partial charge in [0.1, 0.15) is 5.75 Å². The Kier molecular flexibility index (Phi) is 4.32. The van der Waals surface area contributed by atoms with Crippen molar-refractivity contribution in [3.05, 3.63) is 51.3 Å². The van der Waals surface area contributed by atoms with Crippen LogP contribution in [0, 0.1) is 0 Å². The van der Waals surface area contributed by atoms with Crippen LogP contribution >= 0.6 is 27.5 Å². The quantitative estimate of drug-likeness (QED) is 0.923. The molecule has 3 nitrogen and oxygen atoms in total. The average Bonchev–Trinajstić information content (AvgIpc) is 2.76. The minimum absolute atomic E-state index is 0.223. The first kappa shape index (κ1) is 13.5. The van der Waals surface area contributed by atoms with Crippen LogP contribution in [0.1, 0.15) is 17.2 Å². The predicted molar refractivity (Wildman–Crippen MR) is 75.0 cm³/mol. The van der Waals surface area contributed by atoms with Crippen LogP contribution in [0.3, 0.4) is 0 Å². The molecule has 0 bridgehead atoms. The second-order valence-corrected chi connectivity index (χ2v) is 5.18. The van der Waals surface area contributed by atoms with E-state index in [2.05, 4.69) is 15.9 Å². The van der Waals surface area contributed by atoms with E-state index in [1.807, 2.05) is 18.2 Å². The number of benzene rings is 1. The fourth-order valence-corrected chi connectivity index (χ4v) is 2.49. The second kappa shape index (κ2) is 5.78. The van der Waals surface area contributed by atoms with Gasteiger partial charge in [-0.05, 0) is 47.9 Å². The van der Waals surface area contributed by atoms with E-state index in [0.717, 1.165) is 21.3 Å². The van der Waals surface area contributed by atoms with Gasteiger partial charge in [0, 0.05) is 16.1 Å². The summed E-state index contributed by atoms with van der Waals surface area (Å²) in [6.45, 7) is 0. The molecular formula is C13H13BrClNO2. The lowest BCUT2D eigenvalue weighted by atomic mass is 10.0. The van der Waals surface area contributed by atoms with Crippen molar-refractivity contribution in [2.24, 2.45) is 5.73 Å². The molecule has 0 saturated heterocycles. The van der Waals surface area contributed by atoms with Gasteiger partial charge in [0.25, 0.3) is 0 Å². The van der Waals surface area contributed by atoms with Crippen molar-refractivity contribution >= 4 is 27.5 Å². The number of hydrogen-bond donors (Lipinski definition) is 1. The van der Waals surface area contributed by atoms with Gasteiger partial charge in [0.05, 0.1) is 13.4 Å². The Balaban J connectivity index is 2.23. The zero-order valence-electron chi connectivity index (χ0n) is 9.82. The maximum Gasteiger partial charge on any atom is 0.197 e. The van der Waals surface area contributed by atoms with E-state index in [4.69, 9.17) is 26.5 Å². The molecule has 1 aromatic heterocycles. The highest BCUT2D eigenvalue weighted by Crippen LogP contribution is 2.29. The van der Waals surface area contributed by atoms with Gasteiger partial charge >= 0.3 is 0 Å². The van der Waals surface area contributed by atoms with Crippen molar-refractivity contribution in [1.29, 1.82) is 0 Å². The molecule has 0 spiro atoms. The predicted octanol–water partition coefficient (Wildman–Crippen LogP) is 3.95. The zero-order chi connectivity index (χ0) is 13.1. The molecule has 1 aromatic carbocycles. The number of nitrogens with two attached hydrogens (primary N) is 1. The molecule has 96 valence electrons. The molecule has 0 amide bonds. The first-order valence-corrected chi connectivity index (χ1v) is 6.59. The molecule has 5 heteroatoms. The van der Waals surface area contributed by atoms with Crippen LogP contribution in [0.4, 0.5) is 0 Å². The number of ether oxygens (including phenoxy) is 1. The van der Waals surface area contributed by atoms with Crippen LogP contribution < -0.4 is 10.5 Å². The Labute approximate surface area is 119 Å². The minimum atomic E-state index is -0.223. The van der Waals surface area contributed by atoms with Crippen molar-refractivity contribution in [3.63, 3.8) is 0 Å². The van der Waals surface area contributed by atoms with Crippen molar-refractivity contribution in [2.75, 3.05) is 7.11 Å². The van der Waals surface area contributed by atoms with E-state index in [-0.39, 0.29) is 6.04 Å². The molecule has 0 radical (unpaired) electrons. The monoisotopic (exact) mass is 329 g/mol. The molecular weight excluding hydrogens is 318 g/mol. The Morgan fingerprint density at radius 1 is 1.44 bits per heavy atom. The van der Waals surface area contributed by atoms with Crippen LogP contribution in [0.15, 0.2) is 39.4 Å². The Bertz CT molecular complexity index is 542. The zero-order valence-corrected chi connectivity index (χ0v) is 12.2. The van der Waals surface area contributed by atoms with Crippen molar-refractivity contribution in [2.45, 2.75) is 12.5 Å². The van der Waals surface area contributed by atoms with Crippen LogP contribution in [0.25, 0.3) is 0 Å². The Hall–Kier alpha value is -0.970. The second-order valence-electron chi connectivity index (χ2n) is 3.92. The van der Waals surface area contributed by atoms with E-state index in [0.29, 0.717) is 11.6 Å². The molecule has 2 aromatic rings. The Morgan fingerprint density at radius 3 is 2.83 bits per heavy atom. The molecule has 1 atom stereocenters. The number of furan rings is 1. The third kappa shape index (κ3) is 2.88. The fraction of sp³-hybridized carbons (Fsp3) is 0.231. The van der Waals surface area contributed by atoms with Crippen LogP contribution in [0.5, 0.6) is 5.75 Å². The number of methoxy groups -OCH3 is 1. The molecule has 1 unspecified atom stereocenters. The maximum atomic E-state index is 6.13. The summed E-state index contributed by atoms with van der Waals surface area (Å²) in [5.41, 5.74) is 7.96. The molecule has 0 fully saturated rings. The molecule has 18 heavy (non-hydrogen) atoms. The normalized spacial score (nSPS) is 12.4. The topological polar surface area (TPSA) is 48.4 Å². The molecule has 0 aliphatic heterocycles. The molecule has 0 aliphatic rings. The fourth-order valence-electron chi connectivity index (χ4n) is 1.82. The first-order valence-electron chi connectivity index (χ1n) is 5.42. The van der Waals surface area contributed by atoms with Crippen molar-refractivity contribution in [3.8, 4) is 5.75 Å². The summed E-state index contributed by atoms with van der Waals surface area (Å²) >= 11 is 9.36. The highest BCUT2D eigenvalue weighted by Gasteiger charge is 2.15. The van der Waals surface area contributed by atoms with Gasteiger partial charge in [-0.3, -0.25) is 0 Å². The molecule has 0 aliphatic carbocycles. The third-order valence-electron chi connectivity index (χ3n) is 2.73. The van der Waals surface area contributed by atoms with Gasteiger partial charge in [0.2, 0.25) is 0 Å². The summed E-state index contributed by atoms with van der Waals surface area (Å²) in [6, 6.07) is 7.39. The highest BCUT2D eigenvalue weighted by atomic mass is 79.9. The summed E-state index contributed by atoms with van der Waals surface area (Å²) in [6.07, 6.45) is 2.16. The van der Waals surface area contributed by atoms with E-state index in [1.165, 1.54) is 6.26 Å². The molecule has 1 heterocycles. The minimum Gasteiger partial charge on any atom is -0.496 e. The van der Waals surface area contributed by atoms with Gasteiger partial charge in [-0.25, -0.2) is 0 Å². The number of halogens is 2. The summed E-state index contributed by atoms with van der Waals surface area (Å²) in [4.78, 5) is 0. The van der Waals surface area contributed by atoms with Gasteiger partial charge in [-0.15, -0.1) is 0 Å². The Morgan fingerprint density at radius 2 is 2.22 bits per heavy atom. The van der Waals surface area contributed by atoms with Crippen molar-refractivity contribution in [1.82, 2.24) is 0 Å². The number of hydrogen-bond acceptors (Lipinski definition) is 3. The molecule has 0 saturated carbocycles. The van der Waals surface area contributed by atoms with Crippen molar-refractivity contribution < 1.29 is 9.15 Å². The summed E-state index contributed by atoms with van der Waals surface area (Å²) in [5.74, 6) is 0.813. The lowest BCUT2D eigenvalue weighted by Gasteiger charge is -2.13. The summed E-state index contributed by atoms with van der Waals surface area (Å²) in [7, 11) is 1.64. The van der Waals surface area contributed by atoms with Gasteiger partial charge in [-0.2, -0.15) is 0 Å². The number of rotatable bonds is 4. The van der Waals surface area contributed by atoms with Gasteiger partial charge in [0.15, 0.2) is 5.22 Å². The van der Waals surface area contributed by atoms with E-state index < -0.39 is 0 Å². The van der Waals surface area contributed by atoms with Crippen LogP contribution in [0.2, 0.25) is 5.22 Å². The summed E-state index contributed by atoms with van der Waals surface area (Å²) < 4.78 is 11.4. The van der Waals surface area contributed by atoms with Crippen LogP contribution in [-0.2, 0) is 6.42 Å². The molecule has 2 rings (SSSR count). The largest absolute Gasteiger partial charge is 0.496 e. The third-order valence-corrected chi connectivity index (χ3v) is 3.53. The van der Waals surface area contributed by atoms with Gasteiger partial charge in [-0.1, -0.05) is 15.9 Å². The van der Waals surface area contributed by atoms with Crippen LogP contribution in [-0.4, -0.2) is 7.11 Å². The highest BCUT2D eigenvalue weighted by molar-refractivity contribution is 9.10. The standard InChI is InChI=1S/C13H13BrClNO2/c1-17-12-3-2-9(14)6-8(12)7-11(16)10-4-5-18-13(10)15/h2-6,11H,7,16H2,1H3. The average molecular weight is 331 g/mol. The van der Waals surface area contributed by atoms with Gasteiger partial charge < -0.3 is 14.9 Å². The first-order chi connectivity index (χ1) is 8.61. The maximum absolute atomic E-state index is 6.13. The van der Waals surface area contributed by atoms with E-state index >= 15 is 0 Å². The molecule has 2 N–H and O–H groups in total.